The third-order valence-corrected chi connectivity index (χ3v) is 2.49. The minimum absolute atomic E-state index is 0.137. The summed E-state index contributed by atoms with van der Waals surface area (Å²) >= 11 is 0. The van der Waals surface area contributed by atoms with Crippen molar-refractivity contribution >= 4 is 11.7 Å². The lowest BCUT2D eigenvalue weighted by Crippen LogP contribution is -2.19. The summed E-state index contributed by atoms with van der Waals surface area (Å²) in [6.07, 6.45) is 1.70. The minimum Gasteiger partial charge on any atom is -0.347 e. The average molecular weight is 221 g/mol. The first-order chi connectivity index (χ1) is 7.43. The average Bonchev–Trinajstić information content (AvgIpc) is 2.16. The molecular formula is C12H19N3O. The molecule has 4 heteroatoms. The van der Waals surface area contributed by atoms with Crippen molar-refractivity contribution in [2.75, 3.05) is 19.0 Å². The van der Waals surface area contributed by atoms with Gasteiger partial charge in [0.2, 0.25) is 5.95 Å². The summed E-state index contributed by atoms with van der Waals surface area (Å²) in [5, 5.41) is 0. The molecule has 0 bridgehead atoms. The van der Waals surface area contributed by atoms with Crippen molar-refractivity contribution in [2.24, 2.45) is 5.92 Å². The smallest absolute Gasteiger partial charge is 0.225 e. The number of ketones is 1. The number of carbonyl (C=O) groups is 1. The fraction of sp³-hybridized carbons (Fsp3) is 0.583. The largest absolute Gasteiger partial charge is 0.347 e. The molecule has 1 aromatic heterocycles. The van der Waals surface area contributed by atoms with Gasteiger partial charge < -0.3 is 4.90 Å². The first kappa shape index (κ1) is 12.6. The Morgan fingerprint density at radius 2 is 2.00 bits per heavy atom. The molecule has 0 amide bonds. The molecule has 1 unspecified atom stereocenters. The molecular weight excluding hydrogens is 202 g/mol. The fourth-order valence-corrected chi connectivity index (χ4v) is 1.77. The Bertz CT molecular complexity index is 374. The van der Waals surface area contributed by atoms with E-state index in [0.29, 0.717) is 5.95 Å². The van der Waals surface area contributed by atoms with Gasteiger partial charge in [-0.25, -0.2) is 9.97 Å². The lowest BCUT2D eigenvalue weighted by atomic mass is 9.89. The maximum Gasteiger partial charge on any atom is 0.225 e. The summed E-state index contributed by atoms with van der Waals surface area (Å²) in [5.41, 5.74) is 0.807. The summed E-state index contributed by atoms with van der Waals surface area (Å²) < 4.78 is 0. The SMILES string of the molecule is CC(=O)C(c1ccnc(N(C)C)n1)C(C)C. The normalized spacial score (nSPS) is 12.6. The second-order valence-electron chi connectivity index (χ2n) is 4.51. The minimum atomic E-state index is -0.137. The van der Waals surface area contributed by atoms with Crippen molar-refractivity contribution in [1.82, 2.24) is 9.97 Å². The number of anilines is 1. The number of rotatable bonds is 4. The van der Waals surface area contributed by atoms with Crippen LogP contribution in [0.15, 0.2) is 12.3 Å². The van der Waals surface area contributed by atoms with E-state index in [2.05, 4.69) is 9.97 Å². The molecule has 1 rings (SSSR count). The highest BCUT2D eigenvalue weighted by molar-refractivity contribution is 5.83. The number of nitrogens with zero attached hydrogens (tertiary/aromatic N) is 3. The maximum atomic E-state index is 11.6. The van der Waals surface area contributed by atoms with Gasteiger partial charge in [-0.05, 0) is 18.9 Å². The number of Topliss-reactive ketones (excluding diaryl/α,β-unsaturated/α-hetero) is 1. The quantitative estimate of drug-likeness (QED) is 0.778. The Hall–Kier alpha value is -1.45. The zero-order valence-electron chi connectivity index (χ0n) is 10.6. The molecule has 0 fully saturated rings. The predicted molar refractivity (Wildman–Crippen MR) is 64.6 cm³/mol. The Morgan fingerprint density at radius 3 is 2.44 bits per heavy atom. The number of hydrogen-bond donors (Lipinski definition) is 0. The summed E-state index contributed by atoms with van der Waals surface area (Å²) in [5.74, 6) is 0.909. The van der Waals surface area contributed by atoms with Crippen molar-refractivity contribution in [2.45, 2.75) is 26.7 Å². The predicted octanol–water partition coefficient (Wildman–Crippen LogP) is 1.87. The molecule has 0 saturated carbocycles. The van der Waals surface area contributed by atoms with Crippen LogP contribution in [0.1, 0.15) is 32.4 Å². The van der Waals surface area contributed by atoms with Crippen LogP contribution in [0, 0.1) is 5.92 Å². The van der Waals surface area contributed by atoms with Crippen molar-refractivity contribution in [3.05, 3.63) is 18.0 Å². The molecule has 1 heterocycles. The molecule has 1 atom stereocenters. The third-order valence-electron chi connectivity index (χ3n) is 2.49. The molecule has 1 aromatic rings. The Balaban J connectivity index is 3.10. The molecule has 0 spiro atoms. The van der Waals surface area contributed by atoms with Crippen LogP contribution < -0.4 is 4.90 Å². The number of hydrogen-bond acceptors (Lipinski definition) is 4. The highest BCUT2D eigenvalue weighted by Gasteiger charge is 2.22. The van der Waals surface area contributed by atoms with Crippen molar-refractivity contribution in [3.63, 3.8) is 0 Å². The van der Waals surface area contributed by atoms with Crippen LogP contribution in [-0.4, -0.2) is 29.8 Å². The molecule has 88 valence electrons. The van der Waals surface area contributed by atoms with Crippen molar-refractivity contribution in [3.8, 4) is 0 Å². The van der Waals surface area contributed by atoms with Crippen LogP contribution in [0.4, 0.5) is 5.95 Å². The zero-order valence-corrected chi connectivity index (χ0v) is 10.6. The van der Waals surface area contributed by atoms with Crippen LogP contribution in [0.3, 0.4) is 0 Å². The fourth-order valence-electron chi connectivity index (χ4n) is 1.77. The van der Waals surface area contributed by atoms with Crippen LogP contribution in [0.25, 0.3) is 0 Å². The van der Waals surface area contributed by atoms with Crippen LogP contribution >= 0.6 is 0 Å². The second-order valence-corrected chi connectivity index (χ2v) is 4.51. The van der Waals surface area contributed by atoms with Gasteiger partial charge in [0.15, 0.2) is 0 Å². The van der Waals surface area contributed by atoms with E-state index in [1.54, 1.807) is 13.1 Å². The van der Waals surface area contributed by atoms with Gasteiger partial charge >= 0.3 is 0 Å². The van der Waals surface area contributed by atoms with Crippen molar-refractivity contribution in [1.29, 1.82) is 0 Å². The molecule has 0 radical (unpaired) electrons. The van der Waals surface area contributed by atoms with E-state index < -0.39 is 0 Å². The molecule has 4 nitrogen and oxygen atoms in total. The van der Waals surface area contributed by atoms with Gasteiger partial charge in [-0.3, -0.25) is 4.79 Å². The molecule has 0 N–H and O–H groups in total. The van der Waals surface area contributed by atoms with Gasteiger partial charge in [0, 0.05) is 20.3 Å². The Kier molecular flexibility index (Phi) is 3.99. The van der Waals surface area contributed by atoms with Gasteiger partial charge in [-0.1, -0.05) is 13.8 Å². The molecule has 0 aromatic carbocycles. The zero-order chi connectivity index (χ0) is 12.3. The van der Waals surface area contributed by atoms with E-state index in [9.17, 15) is 4.79 Å². The summed E-state index contributed by atoms with van der Waals surface area (Å²) in [7, 11) is 3.77. The third kappa shape index (κ3) is 2.78. The molecule has 0 aliphatic carbocycles. The number of aromatic nitrogens is 2. The number of carbonyl (C=O) groups excluding carboxylic acids is 1. The Labute approximate surface area is 96.7 Å². The lowest BCUT2D eigenvalue weighted by Gasteiger charge is -2.18. The van der Waals surface area contributed by atoms with Crippen LogP contribution in [0.5, 0.6) is 0 Å². The van der Waals surface area contributed by atoms with E-state index in [4.69, 9.17) is 0 Å². The molecule has 0 saturated heterocycles. The summed E-state index contributed by atoms with van der Waals surface area (Å²) in [6, 6.07) is 1.82. The van der Waals surface area contributed by atoms with E-state index >= 15 is 0 Å². The van der Waals surface area contributed by atoms with Gasteiger partial charge in [-0.2, -0.15) is 0 Å². The summed E-state index contributed by atoms with van der Waals surface area (Å²) in [4.78, 5) is 22.0. The van der Waals surface area contributed by atoms with Gasteiger partial charge in [0.25, 0.3) is 0 Å². The molecule has 16 heavy (non-hydrogen) atoms. The van der Waals surface area contributed by atoms with Crippen LogP contribution in [0.2, 0.25) is 0 Å². The van der Waals surface area contributed by atoms with E-state index in [-0.39, 0.29) is 17.6 Å². The topological polar surface area (TPSA) is 46.1 Å². The first-order valence-electron chi connectivity index (χ1n) is 5.44. The highest BCUT2D eigenvalue weighted by atomic mass is 16.1. The van der Waals surface area contributed by atoms with Gasteiger partial charge in [0.05, 0.1) is 11.6 Å². The van der Waals surface area contributed by atoms with Gasteiger partial charge in [-0.15, -0.1) is 0 Å². The Morgan fingerprint density at radius 1 is 1.38 bits per heavy atom. The maximum absolute atomic E-state index is 11.6. The van der Waals surface area contributed by atoms with Crippen LogP contribution in [-0.2, 0) is 4.79 Å². The monoisotopic (exact) mass is 221 g/mol. The molecule has 0 aliphatic heterocycles. The summed E-state index contributed by atoms with van der Waals surface area (Å²) in [6.45, 7) is 5.68. The molecule has 0 aliphatic rings. The van der Waals surface area contributed by atoms with Gasteiger partial charge in [0.1, 0.15) is 5.78 Å². The second kappa shape index (κ2) is 5.05. The lowest BCUT2D eigenvalue weighted by molar-refractivity contribution is -0.119. The standard InChI is InChI=1S/C12H19N3O/c1-8(2)11(9(3)16)10-6-7-13-12(14-10)15(4)5/h6-8,11H,1-5H3. The first-order valence-corrected chi connectivity index (χ1v) is 5.44. The van der Waals surface area contributed by atoms with E-state index in [1.165, 1.54) is 0 Å². The van der Waals surface area contributed by atoms with E-state index in [0.717, 1.165) is 5.69 Å². The van der Waals surface area contributed by atoms with E-state index in [1.807, 2.05) is 38.9 Å². The highest BCUT2D eigenvalue weighted by Crippen LogP contribution is 2.24. The van der Waals surface area contributed by atoms with Crippen molar-refractivity contribution < 1.29 is 4.79 Å².